The van der Waals surface area contributed by atoms with Crippen molar-refractivity contribution in [2.75, 3.05) is 58.9 Å². The predicted molar refractivity (Wildman–Crippen MR) is 233 cm³/mol. The second kappa shape index (κ2) is 30.3. The van der Waals surface area contributed by atoms with Gasteiger partial charge in [-0.3, -0.25) is 0 Å². The third kappa shape index (κ3) is 18.7. The quantitative estimate of drug-likeness (QED) is 0.160. The van der Waals surface area contributed by atoms with Crippen molar-refractivity contribution in [2.45, 2.75) is 184 Å². The molecule has 316 valence electrons. The van der Waals surface area contributed by atoms with Crippen LogP contribution in [0.1, 0.15) is 136 Å². The fourth-order valence-electron chi connectivity index (χ4n) is 10.7. The normalized spacial score (nSPS) is 33.6. The van der Waals surface area contributed by atoms with Crippen LogP contribution in [0.3, 0.4) is 0 Å². The van der Waals surface area contributed by atoms with Gasteiger partial charge in [0.05, 0.1) is 12.1 Å². The van der Waals surface area contributed by atoms with E-state index in [-0.39, 0.29) is 45.0 Å². The zero-order chi connectivity index (χ0) is 39.2. The zero-order valence-corrected chi connectivity index (χ0v) is 42.7. The SMILES string of the molecule is C1=C[N-]C(CN(CC2CCCC[N-]2)CC2CCCC(C3CCC(C4CCCC(CN(CC5CCCC[N-]5)CC5CCCC[N-]5)[N-]4)CC3)[N-]2)C=C1.CC#N.CC#N.[Zn+2].[Zn+2]. The van der Waals surface area contributed by atoms with Crippen molar-refractivity contribution in [1.29, 1.82) is 10.5 Å². The first-order chi connectivity index (χ1) is 27.6. The van der Waals surface area contributed by atoms with Gasteiger partial charge in [-0.05, 0) is 39.3 Å². The molecule has 0 amide bonds. The maximum Gasteiger partial charge on any atom is 2.00 e. The Kier molecular flexibility index (Phi) is 26.9. The van der Waals surface area contributed by atoms with Gasteiger partial charge in [0.2, 0.25) is 0 Å². The second-order valence-electron chi connectivity index (χ2n) is 17.8. The minimum atomic E-state index is 0. The Morgan fingerprint density at radius 1 is 0.483 bits per heavy atom. The Labute approximate surface area is 380 Å². The van der Waals surface area contributed by atoms with E-state index in [1.807, 2.05) is 12.3 Å². The first-order valence-electron chi connectivity index (χ1n) is 23.1. The standard InChI is InChI=1S/C42H70N8.2C2H3N.2Zn/c1-5-23-43-35(11-1)27-49(28-36-12-2-6-24-44-36)31-39-15-9-17-41(47-39)33-19-21-34(22-20-33)42-18-10-16-40(48-42)32-50(29-37-13-3-7-25-45-37)30-38-14-4-8-26-46-38;2*1-2-3;;/h1,5,11,23,33-42H,2-4,6-10,12-22,24-32H2;2*1H3;;/q-6;;;2*+2. The van der Waals surface area contributed by atoms with Gasteiger partial charge in [-0.1, -0.05) is 158 Å². The van der Waals surface area contributed by atoms with Crippen molar-refractivity contribution in [3.8, 4) is 12.1 Å². The maximum atomic E-state index is 7.32. The van der Waals surface area contributed by atoms with E-state index in [0.717, 1.165) is 70.7 Å². The molecule has 5 saturated heterocycles. The molecule has 6 aliphatic heterocycles. The van der Waals surface area contributed by atoms with E-state index in [9.17, 15) is 0 Å². The first kappa shape index (κ1) is 51.6. The molecule has 6 fully saturated rings. The molecular weight excluding hydrogens is 823 g/mol. The summed E-state index contributed by atoms with van der Waals surface area (Å²) in [6, 6.07) is 7.45. The fraction of sp³-hybridized carbons (Fsp3) is 0.870. The van der Waals surface area contributed by atoms with E-state index in [0.29, 0.717) is 42.3 Å². The predicted octanol–water partition coefficient (Wildman–Crippen LogP) is 10.6. The molecule has 0 aromatic heterocycles. The number of hydrogen-bond acceptors (Lipinski definition) is 4. The van der Waals surface area contributed by atoms with Crippen LogP contribution in [0.25, 0.3) is 31.9 Å². The molecule has 10 nitrogen and oxygen atoms in total. The van der Waals surface area contributed by atoms with Crippen LogP contribution in [0.5, 0.6) is 0 Å². The van der Waals surface area contributed by atoms with E-state index in [4.69, 9.17) is 42.4 Å². The van der Waals surface area contributed by atoms with Crippen molar-refractivity contribution < 1.29 is 39.0 Å². The minimum Gasteiger partial charge on any atom is -0.684 e. The van der Waals surface area contributed by atoms with Crippen LogP contribution in [-0.4, -0.2) is 117 Å². The summed E-state index contributed by atoms with van der Waals surface area (Å²) in [6.45, 7) is 12.6. The summed E-state index contributed by atoms with van der Waals surface area (Å²) in [5.41, 5.74) is 0. The molecule has 58 heavy (non-hydrogen) atoms. The number of nitriles is 2. The Hall–Kier alpha value is -0.773. The molecule has 0 bridgehead atoms. The molecule has 0 aromatic carbocycles. The number of allylic oxidation sites excluding steroid dienone is 2. The number of rotatable bonds is 14. The van der Waals surface area contributed by atoms with Crippen molar-refractivity contribution in [2.24, 2.45) is 11.8 Å². The molecule has 0 N–H and O–H groups in total. The molecule has 1 aliphatic carbocycles. The topological polar surface area (TPSA) is 139 Å². The molecule has 8 unspecified atom stereocenters. The van der Waals surface area contributed by atoms with Crippen LogP contribution in [0.2, 0.25) is 0 Å². The minimum absolute atomic E-state index is 0. The van der Waals surface area contributed by atoms with Gasteiger partial charge in [-0.25, -0.2) is 0 Å². The molecule has 0 spiro atoms. The fourth-order valence-corrected chi connectivity index (χ4v) is 10.7. The van der Waals surface area contributed by atoms with Crippen LogP contribution < -0.4 is 0 Å². The Morgan fingerprint density at radius 3 is 1.22 bits per heavy atom. The van der Waals surface area contributed by atoms with Crippen LogP contribution >= 0.6 is 0 Å². The smallest absolute Gasteiger partial charge is 0.684 e. The van der Waals surface area contributed by atoms with Gasteiger partial charge in [-0.2, -0.15) is 16.7 Å². The molecule has 0 aromatic rings. The third-order valence-corrected chi connectivity index (χ3v) is 13.4. The number of hydrogen-bond donors (Lipinski definition) is 0. The first-order valence-corrected chi connectivity index (χ1v) is 23.1. The molecule has 6 heterocycles. The van der Waals surface area contributed by atoms with E-state index < -0.39 is 0 Å². The summed E-state index contributed by atoms with van der Waals surface area (Å²) >= 11 is 0. The van der Waals surface area contributed by atoms with E-state index in [1.165, 1.54) is 136 Å². The maximum absolute atomic E-state index is 7.32. The van der Waals surface area contributed by atoms with Crippen LogP contribution in [0, 0.1) is 34.5 Å². The average Bonchev–Trinajstić information content (AvgIpc) is 3.23. The van der Waals surface area contributed by atoms with Gasteiger partial charge >= 0.3 is 39.0 Å². The molecule has 1 saturated carbocycles. The van der Waals surface area contributed by atoms with Gasteiger partial charge in [0, 0.05) is 13.8 Å². The Bertz CT molecular complexity index is 1170. The summed E-state index contributed by atoms with van der Waals surface area (Å²) in [5.74, 6) is 1.57. The second-order valence-corrected chi connectivity index (χ2v) is 17.8. The summed E-state index contributed by atoms with van der Waals surface area (Å²) < 4.78 is 0. The Balaban J connectivity index is 0.00000106. The molecular formula is C46H76N10Zn2-2. The molecule has 7 rings (SSSR count). The average molecular weight is 900 g/mol. The summed E-state index contributed by atoms with van der Waals surface area (Å²) in [5, 5.41) is 45.8. The van der Waals surface area contributed by atoms with Crippen LogP contribution in [0.4, 0.5) is 0 Å². The van der Waals surface area contributed by atoms with Crippen molar-refractivity contribution >= 4 is 0 Å². The summed E-state index contributed by atoms with van der Waals surface area (Å²) in [4.78, 5) is 5.44. The molecule has 12 heteroatoms. The van der Waals surface area contributed by atoms with Gasteiger partial charge in [0.15, 0.2) is 0 Å². The number of piperidine rings is 5. The summed E-state index contributed by atoms with van der Waals surface area (Å²) in [6.07, 6.45) is 33.5. The Morgan fingerprint density at radius 2 is 0.862 bits per heavy atom. The van der Waals surface area contributed by atoms with Gasteiger partial charge in [-0.15, -0.1) is 61.9 Å². The van der Waals surface area contributed by atoms with E-state index >= 15 is 0 Å². The molecule has 7 aliphatic rings. The number of nitrogens with zero attached hydrogens (tertiary/aromatic N) is 10. The molecule has 0 radical (unpaired) electrons. The molecule has 8 atom stereocenters. The van der Waals surface area contributed by atoms with Crippen LogP contribution in [0.15, 0.2) is 24.4 Å². The van der Waals surface area contributed by atoms with Crippen molar-refractivity contribution in [3.63, 3.8) is 0 Å². The van der Waals surface area contributed by atoms with Crippen LogP contribution in [-0.2, 0) is 39.0 Å². The van der Waals surface area contributed by atoms with Crippen molar-refractivity contribution in [3.05, 3.63) is 56.3 Å². The monoisotopic (exact) mass is 896 g/mol. The van der Waals surface area contributed by atoms with E-state index in [1.54, 1.807) is 12.1 Å². The summed E-state index contributed by atoms with van der Waals surface area (Å²) in [7, 11) is 0. The van der Waals surface area contributed by atoms with Crippen molar-refractivity contribution in [1.82, 2.24) is 9.80 Å². The van der Waals surface area contributed by atoms with Gasteiger partial charge < -0.3 is 41.7 Å². The third-order valence-electron chi connectivity index (χ3n) is 13.4. The van der Waals surface area contributed by atoms with Gasteiger partial charge in [0.1, 0.15) is 0 Å². The van der Waals surface area contributed by atoms with Gasteiger partial charge in [0.25, 0.3) is 0 Å². The zero-order valence-electron chi connectivity index (χ0n) is 36.8. The van der Waals surface area contributed by atoms with E-state index in [2.05, 4.69) is 22.0 Å². The largest absolute Gasteiger partial charge is 2.00 e.